The quantitative estimate of drug-likeness (QED) is 0.664. The first kappa shape index (κ1) is 12.6. The number of rotatable bonds is 1. The minimum atomic E-state index is -0.491. The molecule has 22 heavy (non-hydrogen) atoms. The molecule has 1 aliphatic rings. The van der Waals surface area contributed by atoms with Gasteiger partial charge in [-0.1, -0.05) is 36.4 Å². The molecule has 2 amide bonds. The average molecular weight is 292 g/mol. The summed E-state index contributed by atoms with van der Waals surface area (Å²) in [5.74, 6) is -0.605. The maximum Gasteiger partial charge on any atom is 0.263 e. The summed E-state index contributed by atoms with van der Waals surface area (Å²) < 4.78 is 1.53. The molecule has 0 saturated heterocycles. The van der Waals surface area contributed by atoms with Crippen molar-refractivity contribution in [3.8, 4) is 5.69 Å². The fourth-order valence-corrected chi connectivity index (χ4v) is 2.81. The van der Waals surface area contributed by atoms with Crippen LogP contribution in [0.2, 0.25) is 0 Å². The number of imide groups is 1. The number of nitrogens with one attached hydrogen (secondary N) is 1. The molecule has 0 spiro atoms. The SMILES string of the molecule is Nc1c2c(nn1-c1cccc3ccccc13)CC(=O)NC2=O. The molecule has 0 fully saturated rings. The number of benzene rings is 2. The Hall–Kier alpha value is -3.15. The summed E-state index contributed by atoms with van der Waals surface area (Å²) in [4.78, 5) is 23.4. The van der Waals surface area contributed by atoms with Gasteiger partial charge in [0.2, 0.25) is 5.91 Å². The summed E-state index contributed by atoms with van der Waals surface area (Å²) in [5.41, 5.74) is 7.59. The van der Waals surface area contributed by atoms with Gasteiger partial charge in [0.05, 0.1) is 17.8 Å². The van der Waals surface area contributed by atoms with Gasteiger partial charge in [0, 0.05) is 5.39 Å². The van der Waals surface area contributed by atoms with E-state index in [1.54, 1.807) is 0 Å². The van der Waals surface area contributed by atoms with Gasteiger partial charge in [-0.2, -0.15) is 5.10 Å². The third kappa shape index (κ3) is 1.70. The van der Waals surface area contributed by atoms with E-state index in [4.69, 9.17) is 5.73 Å². The molecule has 0 aliphatic carbocycles. The molecule has 6 nitrogen and oxygen atoms in total. The summed E-state index contributed by atoms with van der Waals surface area (Å²) in [5, 5.41) is 8.67. The Kier molecular flexibility index (Phi) is 2.53. The normalized spacial score (nSPS) is 14.0. The van der Waals surface area contributed by atoms with E-state index in [2.05, 4.69) is 10.4 Å². The Morgan fingerprint density at radius 2 is 1.86 bits per heavy atom. The predicted octanol–water partition coefficient (Wildman–Crippen LogP) is 1.42. The minimum absolute atomic E-state index is 0.0586. The van der Waals surface area contributed by atoms with E-state index in [1.807, 2.05) is 42.5 Å². The first-order valence-electron chi connectivity index (χ1n) is 6.85. The van der Waals surface area contributed by atoms with E-state index in [0.717, 1.165) is 16.5 Å². The number of hydrogen-bond donors (Lipinski definition) is 2. The van der Waals surface area contributed by atoms with E-state index in [9.17, 15) is 9.59 Å². The van der Waals surface area contributed by atoms with Crippen molar-refractivity contribution in [3.05, 3.63) is 53.7 Å². The van der Waals surface area contributed by atoms with Gasteiger partial charge in [0.1, 0.15) is 11.4 Å². The van der Waals surface area contributed by atoms with Crippen molar-refractivity contribution in [2.75, 3.05) is 5.73 Å². The molecule has 0 atom stereocenters. The zero-order valence-corrected chi connectivity index (χ0v) is 11.5. The van der Waals surface area contributed by atoms with Gasteiger partial charge in [-0.15, -0.1) is 0 Å². The summed E-state index contributed by atoms with van der Waals surface area (Å²) in [6.45, 7) is 0. The van der Waals surface area contributed by atoms with Crippen LogP contribution in [0.15, 0.2) is 42.5 Å². The number of nitrogens with two attached hydrogens (primary N) is 1. The van der Waals surface area contributed by atoms with Crippen molar-refractivity contribution >= 4 is 28.4 Å². The lowest BCUT2D eigenvalue weighted by Crippen LogP contribution is -2.37. The number of anilines is 1. The van der Waals surface area contributed by atoms with Crippen LogP contribution in [0.5, 0.6) is 0 Å². The fourth-order valence-electron chi connectivity index (χ4n) is 2.81. The average Bonchev–Trinajstić information content (AvgIpc) is 2.83. The Balaban J connectivity index is 1.99. The third-order valence-corrected chi connectivity index (χ3v) is 3.80. The molecule has 108 valence electrons. The maximum atomic E-state index is 12.0. The molecule has 2 heterocycles. The highest BCUT2D eigenvalue weighted by Gasteiger charge is 2.30. The second-order valence-corrected chi connectivity index (χ2v) is 5.17. The standard InChI is InChI=1S/C16H12N4O2/c17-15-14-11(8-13(21)18-16(14)22)19-20(15)12-7-3-5-9-4-1-2-6-10(9)12/h1-7H,8,17H2,(H,18,21,22). The van der Waals surface area contributed by atoms with Crippen molar-refractivity contribution in [3.63, 3.8) is 0 Å². The number of amides is 2. The van der Waals surface area contributed by atoms with Crippen molar-refractivity contribution in [1.29, 1.82) is 0 Å². The number of aromatic nitrogens is 2. The smallest absolute Gasteiger partial charge is 0.263 e. The van der Waals surface area contributed by atoms with Crippen LogP contribution in [0, 0.1) is 0 Å². The van der Waals surface area contributed by atoms with E-state index in [1.165, 1.54) is 4.68 Å². The van der Waals surface area contributed by atoms with Crippen LogP contribution in [0.1, 0.15) is 16.1 Å². The lowest BCUT2D eigenvalue weighted by Gasteiger charge is -2.10. The van der Waals surface area contributed by atoms with Gasteiger partial charge in [-0.3, -0.25) is 14.9 Å². The molecular formula is C16H12N4O2. The van der Waals surface area contributed by atoms with E-state index < -0.39 is 5.91 Å². The van der Waals surface area contributed by atoms with Crippen molar-refractivity contribution in [2.24, 2.45) is 0 Å². The number of nitrogens with zero attached hydrogens (tertiary/aromatic N) is 2. The summed E-state index contributed by atoms with van der Waals surface area (Å²) in [6, 6.07) is 13.6. The van der Waals surface area contributed by atoms with Gasteiger partial charge in [0.15, 0.2) is 0 Å². The van der Waals surface area contributed by atoms with E-state index in [-0.39, 0.29) is 23.7 Å². The first-order chi connectivity index (χ1) is 10.6. The number of nitrogen functional groups attached to an aromatic ring is 1. The summed E-state index contributed by atoms with van der Waals surface area (Å²) in [6.07, 6.45) is 0.0586. The van der Waals surface area contributed by atoms with Crippen LogP contribution in [-0.2, 0) is 11.2 Å². The van der Waals surface area contributed by atoms with Gasteiger partial charge in [0.25, 0.3) is 5.91 Å². The molecule has 3 N–H and O–H groups in total. The molecule has 4 rings (SSSR count). The van der Waals surface area contributed by atoms with Crippen LogP contribution in [0.3, 0.4) is 0 Å². The second-order valence-electron chi connectivity index (χ2n) is 5.17. The van der Waals surface area contributed by atoms with Crippen LogP contribution < -0.4 is 11.1 Å². The molecule has 1 aromatic heterocycles. The molecule has 1 aliphatic heterocycles. The lowest BCUT2D eigenvalue weighted by atomic mass is 10.1. The zero-order chi connectivity index (χ0) is 15.3. The zero-order valence-electron chi connectivity index (χ0n) is 11.5. The van der Waals surface area contributed by atoms with Crippen LogP contribution in [0.25, 0.3) is 16.5 Å². The van der Waals surface area contributed by atoms with Crippen LogP contribution in [0.4, 0.5) is 5.82 Å². The van der Waals surface area contributed by atoms with Crippen molar-refractivity contribution in [1.82, 2.24) is 15.1 Å². The van der Waals surface area contributed by atoms with E-state index in [0.29, 0.717) is 5.69 Å². The Morgan fingerprint density at radius 3 is 2.73 bits per heavy atom. The highest BCUT2D eigenvalue weighted by molar-refractivity contribution is 6.12. The van der Waals surface area contributed by atoms with Crippen molar-refractivity contribution in [2.45, 2.75) is 6.42 Å². The summed E-state index contributed by atoms with van der Waals surface area (Å²) >= 11 is 0. The molecule has 2 aromatic carbocycles. The Labute approximate surface area is 125 Å². The largest absolute Gasteiger partial charge is 0.383 e. The number of hydrogen-bond acceptors (Lipinski definition) is 4. The number of carbonyl (C=O) groups is 2. The second kappa shape index (κ2) is 4.42. The molecule has 0 radical (unpaired) electrons. The van der Waals surface area contributed by atoms with Gasteiger partial charge >= 0.3 is 0 Å². The van der Waals surface area contributed by atoms with Gasteiger partial charge in [-0.05, 0) is 11.5 Å². The maximum absolute atomic E-state index is 12.0. The third-order valence-electron chi connectivity index (χ3n) is 3.80. The number of fused-ring (bicyclic) bond motifs is 2. The predicted molar refractivity (Wildman–Crippen MR) is 81.7 cm³/mol. The monoisotopic (exact) mass is 292 g/mol. The topological polar surface area (TPSA) is 90.0 Å². The molecule has 3 aromatic rings. The van der Waals surface area contributed by atoms with Crippen molar-refractivity contribution < 1.29 is 9.59 Å². The highest BCUT2D eigenvalue weighted by Crippen LogP contribution is 2.28. The Bertz CT molecular complexity index is 937. The van der Waals surface area contributed by atoms with Gasteiger partial charge in [-0.25, -0.2) is 4.68 Å². The highest BCUT2D eigenvalue weighted by atomic mass is 16.2. The van der Waals surface area contributed by atoms with Crippen LogP contribution >= 0.6 is 0 Å². The van der Waals surface area contributed by atoms with Crippen LogP contribution in [-0.4, -0.2) is 21.6 Å². The fraction of sp³-hybridized carbons (Fsp3) is 0.0625. The molecule has 0 unspecified atom stereocenters. The molecular weight excluding hydrogens is 280 g/mol. The summed E-state index contributed by atoms with van der Waals surface area (Å²) in [7, 11) is 0. The lowest BCUT2D eigenvalue weighted by molar-refractivity contribution is -0.119. The molecule has 0 saturated carbocycles. The molecule has 6 heteroatoms. The number of carbonyl (C=O) groups excluding carboxylic acids is 2. The van der Waals surface area contributed by atoms with E-state index >= 15 is 0 Å². The minimum Gasteiger partial charge on any atom is -0.383 e. The van der Waals surface area contributed by atoms with Gasteiger partial charge < -0.3 is 5.73 Å². The molecule has 0 bridgehead atoms. The Morgan fingerprint density at radius 1 is 1.09 bits per heavy atom. The first-order valence-corrected chi connectivity index (χ1v) is 6.85.